The Morgan fingerprint density at radius 1 is 1.33 bits per heavy atom. The maximum Gasteiger partial charge on any atom is 0.573 e. The lowest BCUT2D eigenvalue weighted by Crippen LogP contribution is -2.17. The summed E-state index contributed by atoms with van der Waals surface area (Å²) in [6.07, 6.45) is -3.43. The first-order valence-electron chi connectivity index (χ1n) is 5.47. The molecular formula is C13H15F3O2. The Kier molecular flexibility index (Phi) is 4.64. The molecule has 0 aliphatic rings. The first-order valence-corrected chi connectivity index (χ1v) is 5.47. The number of alkyl halides is 3. The molecule has 0 aromatic heterocycles. The summed E-state index contributed by atoms with van der Waals surface area (Å²) in [6.45, 7) is 7.77. The molecule has 0 N–H and O–H groups in total. The van der Waals surface area contributed by atoms with Crippen molar-refractivity contribution in [2.24, 2.45) is 5.92 Å². The van der Waals surface area contributed by atoms with Crippen LogP contribution >= 0.6 is 0 Å². The average molecular weight is 260 g/mol. The molecule has 0 saturated heterocycles. The average Bonchev–Trinajstić information content (AvgIpc) is 2.24. The van der Waals surface area contributed by atoms with Gasteiger partial charge in [-0.25, -0.2) is 0 Å². The van der Waals surface area contributed by atoms with Crippen LogP contribution in [-0.4, -0.2) is 13.0 Å². The van der Waals surface area contributed by atoms with Crippen LogP contribution in [0.4, 0.5) is 13.2 Å². The Balaban J connectivity index is 2.91. The van der Waals surface area contributed by atoms with E-state index in [1.54, 1.807) is 6.07 Å². The second-order valence-corrected chi connectivity index (χ2v) is 4.16. The van der Waals surface area contributed by atoms with Crippen LogP contribution in [0, 0.1) is 5.92 Å². The van der Waals surface area contributed by atoms with E-state index in [0.29, 0.717) is 12.4 Å². The Bertz CT molecular complexity index is 411. The molecular weight excluding hydrogens is 245 g/mol. The van der Waals surface area contributed by atoms with E-state index in [0.717, 1.165) is 0 Å². The monoisotopic (exact) mass is 260 g/mol. The van der Waals surface area contributed by atoms with Gasteiger partial charge in [-0.05, 0) is 18.1 Å². The Morgan fingerprint density at radius 2 is 2.00 bits per heavy atom. The summed E-state index contributed by atoms with van der Waals surface area (Å²) in [5, 5.41) is 0. The molecule has 0 spiro atoms. The van der Waals surface area contributed by atoms with Crippen molar-refractivity contribution >= 4 is 6.08 Å². The van der Waals surface area contributed by atoms with Crippen LogP contribution in [0.25, 0.3) is 6.08 Å². The summed E-state index contributed by atoms with van der Waals surface area (Å²) in [4.78, 5) is 0. The van der Waals surface area contributed by atoms with Gasteiger partial charge in [0.1, 0.15) is 11.5 Å². The molecule has 0 radical (unpaired) electrons. The lowest BCUT2D eigenvalue weighted by atomic mass is 10.2. The zero-order valence-electron chi connectivity index (χ0n) is 10.3. The second-order valence-electron chi connectivity index (χ2n) is 4.16. The fraction of sp³-hybridized carbons (Fsp3) is 0.385. The zero-order chi connectivity index (χ0) is 13.8. The van der Waals surface area contributed by atoms with Gasteiger partial charge in [-0.3, -0.25) is 0 Å². The van der Waals surface area contributed by atoms with Crippen LogP contribution in [0.3, 0.4) is 0 Å². The van der Waals surface area contributed by atoms with Gasteiger partial charge < -0.3 is 9.47 Å². The molecule has 0 amide bonds. The SMILES string of the molecule is C=Cc1ccc(OCC(C)C)cc1OC(F)(F)F. The number of rotatable bonds is 5. The Hall–Kier alpha value is -1.65. The highest BCUT2D eigenvalue weighted by molar-refractivity contribution is 5.57. The maximum atomic E-state index is 12.2. The topological polar surface area (TPSA) is 18.5 Å². The normalized spacial score (nSPS) is 11.4. The van der Waals surface area contributed by atoms with Crippen molar-refractivity contribution < 1.29 is 22.6 Å². The van der Waals surface area contributed by atoms with Crippen LogP contribution in [0.1, 0.15) is 19.4 Å². The summed E-state index contributed by atoms with van der Waals surface area (Å²) in [5.41, 5.74) is 0.268. The molecule has 2 nitrogen and oxygen atoms in total. The van der Waals surface area contributed by atoms with Gasteiger partial charge in [-0.15, -0.1) is 13.2 Å². The third-order valence-corrected chi connectivity index (χ3v) is 2.01. The summed E-state index contributed by atoms with van der Waals surface area (Å²) >= 11 is 0. The van der Waals surface area contributed by atoms with Crippen molar-refractivity contribution in [3.05, 3.63) is 30.3 Å². The smallest absolute Gasteiger partial charge is 0.493 e. The zero-order valence-corrected chi connectivity index (χ0v) is 10.3. The summed E-state index contributed by atoms with van der Waals surface area (Å²) in [5.74, 6) is 0.323. The van der Waals surface area contributed by atoms with Crippen LogP contribution in [-0.2, 0) is 0 Å². The molecule has 0 fully saturated rings. The van der Waals surface area contributed by atoms with E-state index in [1.807, 2.05) is 13.8 Å². The fourth-order valence-electron chi connectivity index (χ4n) is 1.25. The Labute approximate surface area is 104 Å². The molecule has 5 heteroatoms. The lowest BCUT2D eigenvalue weighted by Gasteiger charge is -2.14. The first kappa shape index (κ1) is 14.4. The van der Waals surface area contributed by atoms with Crippen LogP contribution < -0.4 is 9.47 Å². The number of halogens is 3. The van der Waals surface area contributed by atoms with Crippen molar-refractivity contribution in [3.8, 4) is 11.5 Å². The van der Waals surface area contributed by atoms with Crippen LogP contribution in [0.5, 0.6) is 11.5 Å². The highest BCUT2D eigenvalue weighted by Crippen LogP contribution is 2.30. The number of hydrogen-bond acceptors (Lipinski definition) is 2. The molecule has 0 bridgehead atoms. The van der Waals surface area contributed by atoms with Gasteiger partial charge in [0.05, 0.1) is 6.61 Å². The van der Waals surface area contributed by atoms with Crippen molar-refractivity contribution in [2.75, 3.05) is 6.61 Å². The third-order valence-electron chi connectivity index (χ3n) is 2.01. The van der Waals surface area contributed by atoms with Crippen LogP contribution in [0.15, 0.2) is 24.8 Å². The molecule has 0 aliphatic carbocycles. The minimum absolute atomic E-state index is 0.268. The van der Waals surface area contributed by atoms with Crippen molar-refractivity contribution in [1.82, 2.24) is 0 Å². The molecule has 1 aromatic carbocycles. The van der Waals surface area contributed by atoms with Crippen molar-refractivity contribution in [3.63, 3.8) is 0 Å². The molecule has 0 aliphatic heterocycles. The lowest BCUT2D eigenvalue weighted by molar-refractivity contribution is -0.274. The van der Waals surface area contributed by atoms with Gasteiger partial charge in [-0.2, -0.15) is 0 Å². The van der Waals surface area contributed by atoms with Gasteiger partial charge in [0.2, 0.25) is 0 Å². The minimum Gasteiger partial charge on any atom is -0.493 e. The number of benzene rings is 1. The molecule has 1 aromatic rings. The van der Waals surface area contributed by atoms with Gasteiger partial charge in [-0.1, -0.05) is 26.5 Å². The van der Waals surface area contributed by atoms with Crippen molar-refractivity contribution in [2.45, 2.75) is 20.2 Å². The minimum atomic E-state index is -4.73. The van der Waals surface area contributed by atoms with Gasteiger partial charge in [0.15, 0.2) is 0 Å². The van der Waals surface area contributed by atoms with E-state index in [1.165, 1.54) is 18.2 Å². The number of ether oxygens (including phenoxy) is 2. The predicted octanol–water partition coefficient (Wildman–Crippen LogP) is 4.26. The molecule has 0 unspecified atom stereocenters. The summed E-state index contributed by atoms with van der Waals surface area (Å²) in [7, 11) is 0. The van der Waals surface area contributed by atoms with E-state index in [2.05, 4.69) is 11.3 Å². The highest BCUT2D eigenvalue weighted by Gasteiger charge is 2.32. The maximum absolute atomic E-state index is 12.2. The van der Waals surface area contributed by atoms with E-state index in [9.17, 15) is 13.2 Å². The van der Waals surface area contributed by atoms with Crippen molar-refractivity contribution in [1.29, 1.82) is 0 Å². The van der Waals surface area contributed by atoms with Gasteiger partial charge in [0.25, 0.3) is 0 Å². The highest BCUT2D eigenvalue weighted by atomic mass is 19.4. The third kappa shape index (κ3) is 4.69. The quantitative estimate of drug-likeness (QED) is 0.787. The molecule has 18 heavy (non-hydrogen) atoms. The summed E-state index contributed by atoms with van der Waals surface area (Å²) in [6, 6.07) is 4.28. The molecule has 0 saturated carbocycles. The van der Waals surface area contributed by atoms with E-state index < -0.39 is 6.36 Å². The largest absolute Gasteiger partial charge is 0.573 e. The number of hydrogen-bond donors (Lipinski definition) is 0. The molecule has 1 rings (SSSR count). The Morgan fingerprint density at radius 3 is 2.50 bits per heavy atom. The summed E-state index contributed by atoms with van der Waals surface area (Å²) < 4.78 is 45.9. The molecule has 0 heterocycles. The molecule has 0 atom stereocenters. The van der Waals surface area contributed by atoms with E-state index in [4.69, 9.17) is 4.74 Å². The van der Waals surface area contributed by atoms with E-state index >= 15 is 0 Å². The first-order chi connectivity index (χ1) is 8.31. The van der Waals surface area contributed by atoms with Gasteiger partial charge >= 0.3 is 6.36 Å². The standard InChI is InChI=1S/C13H15F3O2/c1-4-10-5-6-11(17-8-9(2)3)7-12(10)18-13(14,15)16/h4-7,9H,1,8H2,2-3H3. The van der Waals surface area contributed by atoms with E-state index in [-0.39, 0.29) is 17.2 Å². The molecule has 100 valence electrons. The van der Waals surface area contributed by atoms with Gasteiger partial charge in [0, 0.05) is 11.6 Å². The fourth-order valence-corrected chi connectivity index (χ4v) is 1.25. The predicted molar refractivity (Wildman–Crippen MR) is 63.5 cm³/mol. The second kappa shape index (κ2) is 5.80. The van der Waals surface area contributed by atoms with Crippen LogP contribution in [0.2, 0.25) is 0 Å².